The maximum Gasteiger partial charge on any atom is 0.336 e. The summed E-state index contributed by atoms with van der Waals surface area (Å²) in [6.07, 6.45) is 4.36. The van der Waals surface area contributed by atoms with Gasteiger partial charge in [-0.1, -0.05) is 6.42 Å². The van der Waals surface area contributed by atoms with Crippen molar-refractivity contribution in [3.63, 3.8) is 0 Å². The van der Waals surface area contributed by atoms with Crippen LogP contribution in [0.2, 0.25) is 0 Å². The third-order valence-corrected chi connectivity index (χ3v) is 4.12. The van der Waals surface area contributed by atoms with Crippen molar-refractivity contribution in [1.29, 1.82) is 0 Å². The number of hydrogen-bond donors (Lipinski definition) is 1. The van der Waals surface area contributed by atoms with Gasteiger partial charge in [0.25, 0.3) is 0 Å². The van der Waals surface area contributed by atoms with Crippen molar-refractivity contribution in [2.45, 2.75) is 38.5 Å². The molecule has 3 rings (SSSR count). The molecule has 1 saturated heterocycles. The second-order valence-electron chi connectivity index (χ2n) is 5.27. The molecule has 2 fully saturated rings. The number of esters is 1. The molecule has 98 valence electrons. The highest BCUT2D eigenvalue weighted by Gasteiger charge is 2.44. The van der Waals surface area contributed by atoms with Crippen LogP contribution in [0.3, 0.4) is 0 Å². The molecule has 2 aliphatic heterocycles. The van der Waals surface area contributed by atoms with Gasteiger partial charge in [0.1, 0.15) is 0 Å². The largest absolute Gasteiger partial charge is 0.429 e. The van der Waals surface area contributed by atoms with Crippen LogP contribution in [-0.2, 0) is 19.1 Å². The minimum Gasteiger partial charge on any atom is -0.429 e. The van der Waals surface area contributed by atoms with Gasteiger partial charge < -0.3 is 14.8 Å². The van der Waals surface area contributed by atoms with E-state index in [1.165, 1.54) is 6.42 Å². The van der Waals surface area contributed by atoms with Crippen molar-refractivity contribution >= 4 is 11.9 Å². The predicted octanol–water partition coefficient (Wildman–Crippen LogP) is 0.747. The van der Waals surface area contributed by atoms with E-state index in [1.54, 1.807) is 13.0 Å². The lowest BCUT2D eigenvalue weighted by Crippen LogP contribution is -2.28. The highest BCUT2D eigenvalue weighted by atomic mass is 16.7. The first-order valence-electron chi connectivity index (χ1n) is 6.46. The number of amides is 1. The van der Waals surface area contributed by atoms with E-state index in [0.29, 0.717) is 24.1 Å². The zero-order valence-corrected chi connectivity index (χ0v) is 10.3. The summed E-state index contributed by atoms with van der Waals surface area (Å²) in [7, 11) is 0. The molecule has 0 spiro atoms. The fourth-order valence-corrected chi connectivity index (χ4v) is 3.12. The normalized spacial score (nSPS) is 38.4. The Balaban J connectivity index is 1.57. The summed E-state index contributed by atoms with van der Waals surface area (Å²) in [5.74, 6) is 0.0366. The summed E-state index contributed by atoms with van der Waals surface area (Å²) < 4.78 is 10.5. The van der Waals surface area contributed by atoms with Crippen LogP contribution in [0, 0.1) is 11.8 Å². The van der Waals surface area contributed by atoms with Crippen LogP contribution >= 0.6 is 0 Å². The Labute approximate surface area is 106 Å². The minimum absolute atomic E-state index is 0.0784. The first-order chi connectivity index (χ1) is 8.65. The Hall–Kier alpha value is -1.36. The number of hydrogen-bond acceptors (Lipinski definition) is 4. The van der Waals surface area contributed by atoms with Crippen LogP contribution in [0.1, 0.15) is 26.2 Å². The molecule has 0 radical (unpaired) electrons. The van der Waals surface area contributed by atoms with Crippen molar-refractivity contribution in [1.82, 2.24) is 5.32 Å². The van der Waals surface area contributed by atoms with E-state index in [4.69, 9.17) is 9.47 Å². The van der Waals surface area contributed by atoms with E-state index in [0.717, 1.165) is 12.8 Å². The Morgan fingerprint density at radius 1 is 1.44 bits per heavy atom. The maximum absolute atomic E-state index is 11.8. The van der Waals surface area contributed by atoms with E-state index in [2.05, 4.69) is 5.32 Å². The summed E-state index contributed by atoms with van der Waals surface area (Å²) in [5.41, 5.74) is 0.564. The molecule has 1 aliphatic carbocycles. The summed E-state index contributed by atoms with van der Waals surface area (Å²) in [5, 5.41) is 3.02. The average molecular weight is 251 g/mol. The van der Waals surface area contributed by atoms with Gasteiger partial charge in [0.15, 0.2) is 0 Å². The molecule has 1 saturated carbocycles. The molecule has 1 amide bonds. The summed E-state index contributed by atoms with van der Waals surface area (Å²) >= 11 is 0. The number of carbonyl (C=O) groups excluding carboxylic acids is 2. The van der Waals surface area contributed by atoms with Gasteiger partial charge in [0.2, 0.25) is 12.2 Å². The van der Waals surface area contributed by atoms with Gasteiger partial charge in [-0.25, -0.2) is 4.79 Å². The van der Waals surface area contributed by atoms with Crippen LogP contribution in [-0.4, -0.2) is 30.8 Å². The quantitative estimate of drug-likeness (QED) is 0.752. The SMILES string of the molecule is CC1=CC(OCC2C(=O)NC3CCCC32)OC1=O. The lowest BCUT2D eigenvalue weighted by Gasteiger charge is -2.17. The number of ether oxygens (including phenoxy) is 2. The van der Waals surface area contributed by atoms with E-state index in [-0.39, 0.29) is 17.8 Å². The van der Waals surface area contributed by atoms with E-state index >= 15 is 0 Å². The highest BCUT2D eigenvalue weighted by molar-refractivity contribution is 5.90. The molecule has 4 atom stereocenters. The molecule has 0 aromatic carbocycles. The molecule has 0 aromatic rings. The van der Waals surface area contributed by atoms with Crippen molar-refractivity contribution in [2.75, 3.05) is 6.61 Å². The van der Waals surface area contributed by atoms with Gasteiger partial charge in [-0.15, -0.1) is 0 Å². The molecule has 5 heteroatoms. The monoisotopic (exact) mass is 251 g/mol. The first kappa shape index (κ1) is 11.7. The van der Waals surface area contributed by atoms with Gasteiger partial charge >= 0.3 is 5.97 Å². The average Bonchev–Trinajstić information content (AvgIpc) is 2.94. The zero-order valence-electron chi connectivity index (χ0n) is 10.3. The Morgan fingerprint density at radius 2 is 2.28 bits per heavy atom. The van der Waals surface area contributed by atoms with E-state index in [9.17, 15) is 9.59 Å². The van der Waals surface area contributed by atoms with Gasteiger partial charge in [0.05, 0.1) is 12.5 Å². The van der Waals surface area contributed by atoms with E-state index < -0.39 is 6.29 Å². The lowest BCUT2D eigenvalue weighted by molar-refractivity contribution is -0.161. The molecule has 3 aliphatic rings. The molecule has 4 unspecified atom stereocenters. The third kappa shape index (κ3) is 1.92. The minimum atomic E-state index is -0.620. The zero-order chi connectivity index (χ0) is 12.7. The number of nitrogens with one attached hydrogen (secondary N) is 1. The topological polar surface area (TPSA) is 64.6 Å². The molecular formula is C13H17NO4. The number of cyclic esters (lactones) is 1. The number of rotatable bonds is 3. The molecule has 1 N–H and O–H groups in total. The lowest BCUT2D eigenvalue weighted by atomic mass is 9.93. The Morgan fingerprint density at radius 3 is 3.00 bits per heavy atom. The molecule has 0 aromatic heterocycles. The summed E-state index contributed by atoms with van der Waals surface area (Å²) in [6, 6.07) is 0.328. The number of carbonyl (C=O) groups is 2. The summed E-state index contributed by atoms with van der Waals surface area (Å²) in [4.78, 5) is 23.0. The second-order valence-corrected chi connectivity index (χ2v) is 5.27. The van der Waals surface area contributed by atoms with Crippen molar-refractivity contribution < 1.29 is 19.1 Å². The van der Waals surface area contributed by atoms with Crippen LogP contribution in [0.25, 0.3) is 0 Å². The van der Waals surface area contributed by atoms with Crippen molar-refractivity contribution in [3.8, 4) is 0 Å². The predicted molar refractivity (Wildman–Crippen MR) is 62.4 cm³/mol. The van der Waals surface area contributed by atoms with Gasteiger partial charge in [-0.3, -0.25) is 4.79 Å². The molecule has 2 heterocycles. The Bertz CT molecular complexity index is 417. The van der Waals surface area contributed by atoms with E-state index in [1.807, 2.05) is 0 Å². The van der Waals surface area contributed by atoms with Crippen molar-refractivity contribution in [2.24, 2.45) is 11.8 Å². The van der Waals surface area contributed by atoms with Crippen LogP contribution in [0.15, 0.2) is 11.6 Å². The maximum atomic E-state index is 11.8. The second kappa shape index (κ2) is 4.39. The van der Waals surface area contributed by atoms with Crippen LogP contribution in [0.5, 0.6) is 0 Å². The van der Waals surface area contributed by atoms with Crippen molar-refractivity contribution in [3.05, 3.63) is 11.6 Å². The standard InChI is InChI=1S/C13H17NO4/c1-7-5-11(18-13(7)16)17-6-9-8-3-2-4-10(8)14-12(9)15/h5,8-11H,2-4,6H2,1H3,(H,14,15). The van der Waals surface area contributed by atoms with Gasteiger partial charge in [-0.2, -0.15) is 0 Å². The molecule has 18 heavy (non-hydrogen) atoms. The Kier molecular flexibility index (Phi) is 2.86. The fourth-order valence-electron chi connectivity index (χ4n) is 3.12. The summed E-state index contributed by atoms with van der Waals surface area (Å²) in [6.45, 7) is 2.02. The van der Waals surface area contributed by atoms with Crippen LogP contribution in [0.4, 0.5) is 0 Å². The molecular weight excluding hydrogens is 234 g/mol. The van der Waals surface area contributed by atoms with Gasteiger partial charge in [-0.05, 0) is 31.8 Å². The molecule has 0 bridgehead atoms. The van der Waals surface area contributed by atoms with Gasteiger partial charge in [0, 0.05) is 11.6 Å². The fraction of sp³-hybridized carbons (Fsp3) is 0.692. The third-order valence-electron chi connectivity index (χ3n) is 4.12. The molecule has 5 nitrogen and oxygen atoms in total. The first-order valence-corrected chi connectivity index (χ1v) is 6.46. The number of fused-ring (bicyclic) bond motifs is 1. The van der Waals surface area contributed by atoms with Crippen LogP contribution < -0.4 is 5.32 Å². The smallest absolute Gasteiger partial charge is 0.336 e. The highest BCUT2D eigenvalue weighted by Crippen LogP contribution is 2.37.